The van der Waals surface area contributed by atoms with Crippen molar-refractivity contribution in [2.75, 3.05) is 40.4 Å². The largest absolute Gasteiger partial charge is 0.383 e. The maximum Gasteiger partial charge on any atom is 0.0589 e. The van der Waals surface area contributed by atoms with Crippen LogP contribution in [0.5, 0.6) is 0 Å². The molecule has 0 saturated carbocycles. The highest BCUT2D eigenvalue weighted by Gasteiger charge is 2.15. The number of rotatable bonds is 5. The van der Waals surface area contributed by atoms with Gasteiger partial charge in [-0.05, 0) is 26.4 Å². The van der Waals surface area contributed by atoms with Gasteiger partial charge in [-0.15, -0.1) is 0 Å². The van der Waals surface area contributed by atoms with Gasteiger partial charge in [0.05, 0.1) is 6.61 Å². The summed E-state index contributed by atoms with van der Waals surface area (Å²) in [5, 5.41) is 3.48. The molecule has 0 spiro atoms. The van der Waals surface area contributed by atoms with E-state index in [-0.39, 0.29) is 0 Å². The lowest BCUT2D eigenvalue weighted by molar-refractivity contribution is 0.157. The van der Waals surface area contributed by atoms with Gasteiger partial charge in [0, 0.05) is 26.2 Å². The summed E-state index contributed by atoms with van der Waals surface area (Å²) < 4.78 is 5.01. The van der Waals surface area contributed by atoms with Crippen molar-refractivity contribution in [3.63, 3.8) is 0 Å². The van der Waals surface area contributed by atoms with Gasteiger partial charge < -0.3 is 15.0 Å². The molecule has 1 unspecified atom stereocenters. The molecule has 1 atom stereocenters. The Morgan fingerprint density at radius 2 is 2.42 bits per heavy atom. The molecular weight excluding hydrogens is 152 g/mol. The topological polar surface area (TPSA) is 24.5 Å². The number of nitrogens with zero attached hydrogens (tertiary/aromatic N) is 1. The Labute approximate surface area is 75.1 Å². The molecule has 0 radical (unpaired) electrons. The molecule has 0 aromatic heterocycles. The zero-order valence-corrected chi connectivity index (χ0v) is 8.18. The number of ether oxygens (including phenoxy) is 1. The Hall–Kier alpha value is -0.120. The van der Waals surface area contributed by atoms with Crippen LogP contribution in [0, 0.1) is 0 Å². The van der Waals surface area contributed by atoms with Crippen molar-refractivity contribution in [1.82, 2.24) is 10.2 Å². The Kier molecular flexibility index (Phi) is 4.58. The maximum atomic E-state index is 5.01. The van der Waals surface area contributed by atoms with Crippen molar-refractivity contribution in [2.24, 2.45) is 0 Å². The summed E-state index contributed by atoms with van der Waals surface area (Å²) in [7, 11) is 3.90. The lowest BCUT2D eigenvalue weighted by atomic mass is 10.2. The van der Waals surface area contributed by atoms with Crippen LogP contribution >= 0.6 is 0 Å². The molecule has 1 rings (SSSR count). The normalized spacial score (nSPS) is 23.8. The van der Waals surface area contributed by atoms with Gasteiger partial charge in [0.25, 0.3) is 0 Å². The third-order valence-electron chi connectivity index (χ3n) is 2.37. The molecule has 1 heterocycles. The summed E-state index contributed by atoms with van der Waals surface area (Å²) in [4.78, 5) is 2.33. The molecule has 12 heavy (non-hydrogen) atoms. The van der Waals surface area contributed by atoms with Crippen LogP contribution in [-0.4, -0.2) is 51.3 Å². The molecular formula is C9H20N2O. The van der Waals surface area contributed by atoms with Gasteiger partial charge in [0.15, 0.2) is 0 Å². The van der Waals surface area contributed by atoms with Gasteiger partial charge >= 0.3 is 0 Å². The first-order valence-electron chi connectivity index (χ1n) is 4.74. The molecule has 0 bridgehead atoms. The van der Waals surface area contributed by atoms with Crippen LogP contribution in [0.4, 0.5) is 0 Å². The number of hydrogen-bond acceptors (Lipinski definition) is 3. The van der Waals surface area contributed by atoms with Crippen LogP contribution in [0.15, 0.2) is 0 Å². The summed E-state index contributed by atoms with van der Waals surface area (Å²) in [6.45, 7) is 4.23. The van der Waals surface area contributed by atoms with Crippen LogP contribution < -0.4 is 5.32 Å². The van der Waals surface area contributed by atoms with Crippen molar-refractivity contribution in [2.45, 2.75) is 18.9 Å². The second kappa shape index (κ2) is 5.51. The summed E-state index contributed by atoms with van der Waals surface area (Å²) in [6.07, 6.45) is 2.67. The Bertz CT molecular complexity index is 113. The van der Waals surface area contributed by atoms with E-state index in [4.69, 9.17) is 4.74 Å². The van der Waals surface area contributed by atoms with Crippen molar-refractivity contribution in [1.29, 1.82) is 0 Å². The first kappa shape index (κ1) is 9.96. The first-order chi connectivity index (χ1) is 5.83. The fraction of sp³-hybridized carbons (Fsp3) is 1.00. The van der Waals surface area contributed by atoms with Crippen LogP contribution in [0.1, 0.15) is 12.8 Å². The molecule has 0 aromatic rings. The van der Waals surface area contributed by atoms with Gasteiger partial charge in [0.2, 0.25) is 0 Å². The number of nitrogens with one attached hydrogen (secondary N) is 1. The second-order valence-electron chi connectivity index (χ2n) is 3.55. The molecule has 0 aliphatic carbocycles. The minimum Gasteiger partial charge on any atom is -0.383 e. The minimum atomic E-state index is 0.715. The molecule has 1 saturated heterocycles. The fourth-order valence-corrected chi connectivity index (χ4v) is 1.63. The van der Waals surface area contributed by atoms with E-state index in [2.05, 4.69) is 17.3 Å². The summed E-state index contributed by atoms with van der Waals surface area (Å²) in [5.74, 6) is 0. The summed E-state index contributed by atoms with van der Waals surface area (Å²) in [6, 6.07) is 0.715. The van der Waals surface area contributed by atoms with Crippen molar-refractivity contribution < 1.29 is 4.74 Å². The highest BCUT2D eigenvalue weighted by Crippen LogP contribution is 2.05. The predicted molar refractivity (Wildman–Crippen MR) is 50.4 cm³/mol. The quantitative estimate of drug-likeness (QED) is 0.646. The van der Waals surface area contributed by atoms with E-state index in [1.807, 2.05) is 0 Å². The number of hydrogen-bond donors (Lipinski definition) is 1. The van der Waals surface area contributed by atoms with Crippen LogP contribution in [0.2, 0.25) is 0 Å². The molecule has 0 amide bonds. The van der Waals surface area contributed by atoms with E-state index >= 15 is 0 Å². The molecule has 3 heteroatoms. The van der Waals surface area contributed by atoms with E-state index in [0.717, 1.165) is 19.7 Å². The molecule has 1 aliphatic rings. The molecule has 3 nitrogen and oxygen atoms in total. The van der Waals surface area contributed by atoms with Crippen LogP contribution in [0.25, 0.3) is 0 Å². The van der Waals surface area contributed by atoms with E-state index in [9.17, 15) is 0 Å². The van der Waals surface area contributed by atoms with Crippen molar-refractivity contribution in [3.05, 3.63) is 0 Å². The predicted octanol–water partition coefficient (Wildman–Crippen LogP) is 0.317. The smallest absolute Gasteiger partial charge is 0.0589 e. The molecule has 1 fully saturated rings. The molecule has 0 aromatic carbocycles. The molecule has 72 valence electrons. The molecule has 1 aliphatic heterocycles. The zero-order chi connectivity index (χ0) is 8.81. The van der Waals surface area contributed by atoms with E-state index in [1.54, 1.807) is 7.11 Å². The average molecular weight is 172 g/mol. The van der Waals surface area contributed by atoms with Gasteiger partial charge in [0.1, 0.15) is 0 Å². The van der Waals surface area contributed by atoms with E-state index in [0.29, 0.717) is 6.04 Å². The Morgan fingerprint density at radius 1 is 1.58 bits per heavy atom. The van der Waals surface area contributed by atoms with Gasteiger partial charge in [-0.2, -0.15) is 0 Å². The summed E-state index contributed by atoms with van der Waals surface area (Å²) in [5.41, 5.74) is 0. The zero-order valence-electron chi connectivity index (χ0n) is 8.18. The lowest BCUT2D eigenvalue weighted by Crippen LogP contribution is -2.36. The highest BCUT2D eigenvalue weighted by molar-refractivity contribution is 4.76. The van der Waals surface area contributed by atoms with Gasteiger partial charge in [-0.25, -0.2) is 0 Å². The Balaban J connectivity index is 2.03. The van der Waals surface area contributed by atoms with Crippen LogP contribution in [-0.2, 0) is 4.74 Å². The van der Waals surface area contributed by atoms with Gasteiger partial charge in [-0.1, -0.05) is 0 Å². The maximum absolute atomic E-state index is 5.01. The third kappa shape index (κ3) is 3.52. The first-order valence-corrected chi connectivity index (χ1v) is 4.74. The average Bonchev–Trinajstić information content (AvgIpc) is 2.53. The van der Waals surface area contributed by atoms with E-state index < -0.39 is 0 Å². The fourth-order valence-electron chi connectivity index (χ4n) is 1.63. The summed E-state index contributed by atoms with van der Waals surface area (Å²) >= 11 is 0. The lowest BCUT2D eigenvalue weighted by Gasteiger charge is -2.20. The van der Waals surface area contributed by atoms with Crippen molar-refractivity contribution in [3.8, 4) is 0 Å². The monoisotopic (exact) mass is 172 g/mol. The molecule has 1 N–H and O–H groups in total. The van der Waals surface area contributed by atoms with Gasteiger partial charge in [-0.3, -0.25) is 0 Å². The number of methoxy groups -OCH3 is 1. The second-order valence-corrected chi connectivity index (χ2v) is 3.55. The van der Waals surface area contributed by atoms with Crippen molar-refractivity contribution >= 4 is 0 Å². The third-order valence-corrected chi connectivity index (χ3v) is 2.37. The van der Waals surface area contributed by atoms with E-state index in [1.165, 1.54) is 19.4 Å². The van der Waals surface area contributed by atoms with Crippen LogP contribution in [0.3, 0.4) is 0 Å². The number of likely N-dealkylation sites (N-methyl/N-ethyl adjacent to an activating group) is 1. The SMILES string of the molecule is COCCN(C)CC1CCCN1. The Morgan fingerprint density at radius 3 is 3.00 bits per heavy atom. The highest BCUT2D eigenvalue weighted by atomic mass is 16.5. The minimum absolute atomic E-state index is 0.715. The standard InChI is InChI=1S/C9H20N2O/c1-11(6-7-12-2)8-9-4-3-5-10-9/h9-10H,3-8H2,1-2H3.